The van der Waals surface area contributed by atoms with E-state index in [1.807, 2.05) is 36.4 Å². The summed E-state index contributed by atoms with van der Waals surface area (Å²) in [4.78, 5) is 27.2. The van der Waals surface area contributed by atoms with Gasteiger partial charge in [-0.1, -0.05) is 54.6 Å². The quantitative estimate of drug-likeness (QED) is 0.223. The van der Waals surface area contributed by atoms with Crippen molar-refractivity contribution in [3.8, 4) is 11.6 Å². The van der Waals surface area contributed by atoms with E-state index in [-0.39, 0.29) is 17.8 Å². The molecule has 0 aliphatic carbocycles. The van der Waals surface area contributed by atoms with Gasteiger partial charge in [-0.2, -0.15) is 4.98 Å². The summed E-state index contributed by atoms with van der Waals surface area (Å²) in [7, 11) is 0. The number of piperazine rings is 1. The van der Waals surface area contributed by atoms with Gasteiger partial charge in [0.1, 0.15) is 10.8 Å². The molecule has 3 aromatic carbocycles. The first kappa shape index (κ1) is 28.5. The number of ether oxygens (including phenoxy) is 1. The van der Waals surface area contributed by atoms with Crippen molar-refractivity contribution in [3.05, 3.63) is 108 Å². The van der Waals surface area contributed by atoms with Crippen LogP contribution in [0.4, 0.5) is 23.0 Å². The standard InChI is InChI=1S/C33H34ClN7O2/c1-2-31(42)41-22-27(23-41)36-26-9-6-10-29(19-26)43-32-30(34)20-35-33(38-32)37-25-11-13-28(14-12-25)40-17-15-39(16-18-40)21-24-7-4-3-5-8-24/h2-14,19-20,27,36H,1,15-18,21-23H2,(H,35,37,38). The van der Waals surface area contributed by atoms with Gasteiger partial charge in [0, 0.05) is 68.9 Å². The second-order valence-corrected chi connectivity index (χ2v) is 11.1. The van der Waals surface area contributed by atoms with Crippen LogP contribution in [0.3, 0.4) is 0 Å². The first-order chi connectivity index (χ1) is 21.0. The summed E-state index contributed by atoms with van der Waals surface area (Å²) in [5, 5.41) is 6.98. The molecule has 6 rings (SSSR count). The summed E-state index contributed by atoms with van der Waals surface area (Å²) in [5.74, 6) is 1.18. The second-order valence-electron chi connectivity index (χ2n) is 10.7. The molecule has 4 aromatic rings. The first-order valence-corrected chi connectivity index (χ1v) is 14.8. The molecule has 0 radical (unpaired) electrons. The van der Waals surface area contributed by atoms with Crippen LogP contribution in [-0.4, -0.2) is 71.0 Å². The van der Waals surface area contributed by atoms with E-state index in [1.54, 1.807) is 4.90 Å². The highest BCUT2D eigenvalue weighted by Crippen LogP contribution is 2.30. The Kier molecular flexibility index (Phi) is 8.72. The lowest BCUT2D eigenvalue weighted by atomic mass is 10.1. The van der Waals surface area contributed by atoms with E-state index >= 15 is 0 Å². The topological polar surface area (TPSA) is 85.9 Å². The Bertz CT molecular complexity index is 1550. The Labute approximate surface area is 256 Å². The summed E-state index contributed by atoms with van der Waals surface area (Å²) in [6.45, 7) is 9.85. The minimum atomic E-state index is -0.0536. The molecule has 3 heterocycles. The van der Waals surface area contributed by atoms with E-state index in [9.17, 15) is 4.79 Å². The molecule has 2 aliphatic heterocycles. The molecule has 10 heteroatoms. The zero-order valence-corrected chi connectivity index (χ0v) is 24.6. The van der Waals surface area contributed by atoms with Gasteiger partial charge in [-0.25, -0.2) is 4.98 Å². The zero-order chi connectivity index (χ0) is 29.6. The highest BCUT2D eigenvalue weighted by molar-refractivity contribution is 6.31. The predicted octanol–water partition coefficient (Wildman–Crippen LogP) is 5.80. The SMILES string of the molecule is C=CC(=O)N1CC(Nc2cccc(Oc3nc(Nc4ccc(N5CCN(Cc6ccccc6)CC5)cc4)ncc3Cl)c2)C1. The summed E-state index contributed by atoms with van der Waals surface area (Å²) < 4.78 is 6.03. The molecule has 1 aromatic heterocycles. The molecule has 9 nitrogen and oxygen atoms in total. The van der Waals surface area contributed by atoms with E-state index in [0.717, 1.165) is 44.1 Å². The maximum Gasteiger partial charge on any atom is 0.246 e. The molecule has 220 valence electrons. The van der Waals surface area contributed by atoms with E-state index in [1.165, 1.54) is 23.5 Å². The first-order valence-electron chi connectivity index (χ1n) is 14.4. The second kappa shape index (κ2) is 13.1. The lowest BCUT2D eigenvalue weighted by molar-refractivity contribution is -0.129. The summed E-state index contributed by atoms with van der Waals surface area (Å²) in [6.07, 6.45) is 2.86. The fourth-order valence-corrected chi connectivity index (χ4v) is 5.38. The van der Waals surface area contributed by atoms with Crippen molar-refractivity contribution in [2.75, 3.05) is 54.8 Å². The van der Waals surface area contributed by atoms with Crippen LogP contribution < -0.4 is 20.3 Å². The molecule has 0 unspecified atom stereocenters. The van der Waals surface area contributed by atoms with Gasteiger partial charge in [0.15, 0.2) is 0 Å². The maximum atomic E-state index is 11.7. The van der Waals surface area contributed by atoms with E-state index in [2.05, 4.69) is 79.4 Å². The molecule has 2 saturated heterocycles. The lowest BCUT2D eigenvalue weighted by Crippen LogP contribution is -2.56. The maximum absolute atomic E-state index is 11.7. The fraction of sp³-hybridized carbons (Fsp3) is 0.242. The minimum Gasteiger partial charge on any atom is -0.437 e. The third-order valence-electron chi connectivity index (χ3n) is 7.61. The van der Waals surface area contributed by atoms with Crippen molar-refractivity contribution < 1.29 is 9.53 Å². The van der Waals surface area contributed by atoms with Gasteiger partial charge in [-0.15, -0.1) is 0 Å². The van der Waals surface area contributed by atoms with Crippen LogP contribution in [0.2, 0.25) is 5.02 Å². The number of likely N-dealkylation sites (tertiary alicyclic amines) is 1. The Morgan fingerprint density at radius 3 is 2.49 bits per heavy atom. The summed E-state index contributed by atoms with van der Waals surface area (Å²) in [6, 6.07) is 26.7. The normalized spacial score (nSPS) is 15.5. The van der Waals surface area contributed by atoms with Crippen LogP contribution in [0.1, 0.15) is 5.56 Å². The number of amides is 1. The number of aromatic nitrogens is 2. The van der Waals surface area contributed by atoms with Gasteiger partial charge in [-0.05, 0) is 48.0 Å². The Morgan fingerprint density at radius 2 is 1.74 bits per heavy atom. The number of nitrogens with one attached hydrogen (secondary N) is 2. The molecule has 2 aliphatic rings. The third kappa shape index (κ3) is 7.25. The molecule has 0 atom stereocenters. The number of carbonyl (C=O) groups excluding carboxylic acids is 1. The van der Waals surface area contributed by atoms with Gasteiger partial charge in [0.05, 0.1) is 12.2 Å². The molecule has 0 spiro atoms. The third-order valence-corrected chi connectivity index (χ3v) is 7.87. The summed E-state index contributed by atoms with van der Waals surface area (Å²) in [5.41, 5.74) is 4.31. The van der Waals surface area contributed by atoms with Crippen molar-refractivity contribution in [2.24, 2.45) is 0 Å². The summed E-state index contributed by atoms with van der Waals surface area (Å²) >= 11 is 6.38. The lowest BCUT2D eigenvalue weighted by Gasteiger charge is -2.39. The number of rotatable bonds is 10. The number of hydrogen-bond donors (Lipinski definition) is 2. The molecular formula is C33H34ClN7O2. The predicted molar refractivity (Wildman–Crippen MR) is 171 cm³/mol. The molecular weight excluding hydrogens is 562 g/mol. The van der Waals surface area contributed by atoms with Crippen molar-refractivity contribution >= 4 is 40.5 Å². The van der Waals surface area contributed by atoms with Crippen LogP contribution in [-0.2, 0) is 11.3 Å². The van der Waals surface area contributed by atoms with Gasteiger partial charge >= 0.3 is 0 Å². The average Bonchev–Trinajstić information content (AvgIpc) is 3.02. The fourth-order valence-electron chi connectivity index (χ4n) is 5.25. The number of nitrogens with zero attached hydrogens (tertiary/aromatic N) is 5. The monoisotopic (exact) mass is 595 g/mol. The molecule has 0 bridgehead atoms. The number of halogens is 1. The smallest absolute Gasteiger partial charge is 0.246 e. The Hall–Kier alpha value is -4.60. The van der Waals surface area contributed by atoms with Crippen LogP contribution in [0.5, 0.6) is 11.6 Å². The van der Waals surface area contributed by atoms with Gasteiger partial charge in [0.25, 0.3) is 0 Å². The van der Waals surface area contributed by atoms with E-state index in [4.69, 9.17) is 16.3 Å². The van der Waals surface area contributed by atoms with Crippen LogP contribution in [0, 0.1) is 0 Å². The largest absolute Gasteiger partial charge is 0.437 e. The van der Waals surface area contributed by atoms with Crippen LogP contribution >= 0.6 is 11.6 Å². The zero-order valence-electron chi connectivity index (χ0n) is 23.8. The molecule has 43 heavy (non-hydrogen) atoms. The Balaban J connectivity index is 1.02. The van der Waals surface area contributed by atoms with Crippen molar-refractivity contribution in [3.63, 3.8) is 0 Å². The molecule has 0 saturated carbocycles. The van der Waals surface area contributed by atoms with Gasteiger partial charge < -0.3 is 25.2 Å². The molecule has 2 fully saturated rings. The highest BCUT2D eigenvalue weighted by Gasteiger charge is 2.29. The molecule has 2 N–H and O–H groups in total. The number of carbonyl (C=O) groups is 1. The van der Waals surface area contributed by atoms with Crippen molar-refractivity contribution in [2.45, 2.75) is 12.6 Å². The molecule has 1 amide bonds. The van der Waals surface area contributed by atoms with Crippen LogP contribution in [0.25, 0.3) is 0 Å². The van der Waals surface area contributed by atoms with Crippen molar-refractivity contribution in [1.82, 2.24) is 19.8 Å². The average molecular weight is 596 g/mol. The van der Waals surface area contributed by atoms with Gasteiger partial charge in [-0.3, -0.25) is 9.69 Å². The minimum absolute atomic E-state index is 0.0536. The van der Waals surface area contributed by atoms with E-state index in [0.29, 0.717) is 29.8 Å². The van der Waals surface area contributed by atoms with Crippen LogP contribution in [0.15, 0.2) is 97.7 Å². The number of benzene rings is 3. The number of hydrogen-bond acceptors (Lipinski definition) is 8. The Morgan fingerprint density at radius 1 is 0.977 bits per heavy atom. The van der Waals surface area contributed by atoms with Crippen molar-refractivity contribution in [1.29, 1.82) is 0 Å². The van der Waals surface area contributed by atoms with Gasteiger partial charge in [0.2, 0.25) is 17.7 Å². The highest BCUT2D eigenvalue weighted by atomic mass is 35.5. The number of anilines is 4. The van der Waals surface area contributed by atoms with E-state index < -0.39 is 0 Å².